The molecule has 0 amide bonds. The molecule has 0 spiro atoms. The van der Waals surface area contributed by atoms with Crippen LogP contribution < -0.4 is 0 Å². The third-order valence-electron chi connectivity index (χ3n) is 4.47. The first-order valence-corrected chi connectivity index (χ1v) is 7.71. The van der Waals surface area contributed by atoms with Gasteiger partial charge in [-0.25, -0.2) is 0 Å². The van der Waals surface area contributed by atoms with Gasteiger partial charge in [-0.1, -0.05) is 72.2 Å². The van der Waals surface area contributed by atoms with Crippen LogP contribution in [-0.4, -0.2) is 10.9 Å². The topological polar surface area (TPSA) is 32.6 Å². The summed E-state index contributed by atoms with van der Waals surface area (Å²) in [5.41, 5.74) is 3.56. The molecule has 1 atom stereocenters. The van der Waals surface area contributed by atoms with Gasteiger partial charge < -0.3 is 5.21 Å². The molecule has 21 heavy (non-hydrogen) atoms. The first-order chi connectivity index (χ1) is 10.4. The summed E-state index contributed by atoms with van der Waals surface area (Å²) in [5.74, 6) is 0.576. The second kappa shape index (κ2) is 6.57. The van der Waals surface area contributed by atoms with Crippen LogP contribution in [0, 0.1) is 5.92 Å². The molecule has 0 aromatic heterocycles. The van der Waals surface area contributed by atoms with Gasteiger partial charge in [-0.3, -0.25) is 0 Å². The smallest absolute Gasteiger partial charge is 0.0611 e. The van der Waals surface area contributed by atoms with Crippen LogP contribution >= 0.6 is 0 Å². The third-order valence-corrected chi connectivity index (χ3v) is 4.47. The Balaban J connectivity index is 2.04. The molecular weight excluding hydrogens is 258 g/mol. The minimum Gasteiger partial charge on any atom is -0.411 e. The minimum atomic E-state index is 0.276. The lowest BCUT2D eigenvalue weighted by molar-refractivity contribution is 0.306. The SMILES string of the molecule is ON=C1CCCCC1C(c1ccccc1)c1ccccc1. The summed E-state index contributed by atoms with van der Waals surface area (Å²) in [6.45, 7) is 0. The summed E-state index contributed by atoms with van der Waals surface area (Å²) in [6.07, 6.45) is 4.34. The number of benzene rings is 2. The fourth-order valence-corrected chi connectivity index (χ4v) is 3.48. The second-order valence-corrected chi connectivity index (χ2v) is 5.74. The summed E-state index contributed by atoms with van der Waals surface area (Å²) in [6, 6.07) is 21.2. The first-order valence-electron chi connectivity index (χ1n) is 7.71. The van der Waals surface area contributed by atoms with Crippen molar-refractivity contribution >= 4 is 5.71 Å². The Kier molecular flexibility index (Phi) is 4.34. The lowest BCUT2D eigenvalue weighted by Gasteiger charge is -2.31. The van der Waals surface area contributed by atoms with E-state index in [2.05, 4.69) is 53.7 Å². The number of oxime groups is 1. The summed E-state index contributed by atoms with van der Waals surface area (Å²) in [4.78, 5) is 0. The number of rotatable bonds is 3. The van der Waals surface area contributed by atoms with Crippen LogP contribution in [0.1, 0.15) is 42.7 Å². The van der Waals surface area contributed by atoms with Crippen molar-refractivity contribution in [1.29, 1.82) is 0 Å². The van der Waals surface area contributed by atoms with Crippen LogP contribution in [0.5, 0.6) is 0 Å². The molecule has 0 saturated heterocycles. The third kappa shape index (κ3) is 2.99. The Morgan fingerprint density at radius 2 is 1.43 bits per heavy atom. The van der Waals surface area contributed by atoms with E-state index in [1.54, 1.807) is 0 Å². The predicted molar refractivity (Wildman–Crippen MR) is 85.9 cm³/mol. The predicted octanol–water partition coefficient (Wildman–Crippen LogP) is 4.84. The molecule has 1 N–H and O–H groups in total. The standard InChI is InChI=1S/C19H21NO/c21-20-18-14-8-7-13-17(18)19(15-9-3-1-4-10-15)16-11-5-2-6-12-16/h1-6,9-12,17,19,21H,7-8,13-14H2. The largest absolute Gasteiger partial charge is 0.411 e. The molecule has 1 aliphatic carbocycles. The molecule has 108 valence electrons. The molecule has 1 unspecified atom stereocenters. The van der Waals surface area contributed by atoms with Crippen molar-refractivity contribution < 1.29 is 5.21 Å². The molecule has 0 radical (unpaired) electrons. The van der Waals surface area contributed by atoms with Crippen molar-refractivity contribution in [3.05, 3.63) is 71.8 Å². The molecular formula is C19H21NO. The van der Waals surface area contributed by atoms with E-state index in [9.17, 15) is 5.21 Å². The van der Waals surface area contributed by atoms with Crippen molar-refractivity contribution in [3.63, 3.8) is 0 Å². The fraction of sp³-hybridized carbons (Fsp3) is 0.316. The van der Waals surface area contributed by atoms with Gasteiger partial charge in [-0.2, -0.15) is 0 Å². The van der Waals surface area contributed by atoms with Gasteiger partial charge in [0.05, 0.1) is 5.71 Å². The highest BCUT2D eigenvalue weighted by atomic mass is 16.4. The Hall–Kier alpha value is -2.09. The fourth-order valence-electron chi connectivity index (χ4n) is 3.48. The van der Waals surface area contributed by atoms with Crippen molar-refractivity contribution in [3.8, 4) is 0 Å². The van der Waals surface area contributed by atoms with Gasteiger partial charge >= 0.3 is 0 Å². The summed E-state index contributed by atoms with van der Waals surface area (Å²) in [7, 11) is 0. The summed E-state index contributed by atoms with van der Waals surface area (Å²) >= 11 is 0. The highest BCUT2D eigenvalue weighted by Gasteiger charge is 2.31. The van der Waals surface area contributed by atoms with Gasteiger partial charge in [0.2, 0.25) is 0 Å². The van der Waals surface area contributed by atoms with E-state index in [4.69, 9.17) is 0 Å². The average molecular weight is 279 g/mol. The van der Waals surface area contributed by atoms with Crippen LogP contribution in [0.2, 0.25) is 0 Å². The molecule has 2 aromatic rings. The Morgan fingerprint density at radius 3 is 1.95 bits per heavy atom. The van der Waals surface area contributed by atoms with E-state index >= 15 is 0 Å². The van der Waals surface area contributed by atoms with Crippen LogP contribution in [0.25, 0.3) is 0 Å². The molecule has 2 nitrogen and oxygen atoms in total. The van der Waals surface area contributed by atoms with Crippen LogP contribution in [0.3, 0.4) is 0 Å². The monoisotopic (exact) mass is 279 g/mol. The van der Waals surface area contributed by atoms with Crippen molar-refractivity contribution in [1.82, 2.24) is 0 Å². The van der Waals surface area contributed by atoms with Gasteiger partial charge in [-0.05, 0) is 30.4 Å². The second-order valence-electron chi connectivity index (χ2n) is 5.74. The Labute approximate surface area is 126 Å². The molecule has 2 aromatic carbocycles. The Bertz CT molecular complexity index is 552. The van der Waals surface area contributed by atoms with E-state index < -0.39 is 0 Å². The molecule has 1 saturated carbocycles. The van der Waals surface area contributed by atoms with Gasteiger partial charge in [-0.15, -0.1) is 0 Å². The average Bonchev–Trinajstić information content (AvgIpc) is 2.58. The van der Waals surface area contributed by atoms with E-state index in [1.165, 1.54) is 17.5 Å². The van der Waals surface area contributed by atoms with Crippen molar-refractivity contribution in [2.75, 3.05) is 0 Å². The van der Waals surface area contributed by atoms with Crippen molar-refractivity contribution in [2.24, 2.45) is 11.1 Å². The summed E-state index contributed by atoms with van der Waals surface area (Å²) in [5, 5.41) is 13.0. The zero-order valence-electron chi connectivity index (χ0n) is 12.2. The number of nitrogens with zero attached hydrogens (tertiary/aromatic N) is 1. The van der Waals surface area contributed by atoms with E-state index in [-0.39, 0.29) is 5.92 Å². The maximum absolute atomic E-state index is 9.39. The van der Waals surface area contributed by atoms with E-state index in [1.807, 2.05) is 12.1 Å². The molecule has 1 aliphatic rings. The molecule has 2 heteroatoms. The number of hydrogen-bond donors (Lipinski definition) is 1. The molecule has 0 bridgehead atoms. The quantitative estimate of drug-likeness (QED) is 0.633. The normalized spacial score (nSPS) is 20.8. The maximum Gasteiger partial charge on any atom is 0.0611 e. The number of hydrogen-bond acceptors (Lipinski definition) is 2. The molecule has 0 heterocycles. The molecule has 3 rings (SSSR count). The van der Waals surface area contributed by atoms with Gasteiger partial charge in [0.1, 0.15) is 0 Å². The van der Waals surface area contributed by atoms with Gasteiger partial charge in [0, 0.05) is 11.8 Å². The minimum absolute atomic E-state index is 0.276. The zero-order valence-corrected chi connectivity index (χ0v) is 12.2. The zero-order chi connectivity index (χ0) is 14.5. The van der Waals surface area contributed by atoms with Gasteiger partial charge in [0.15, 0.2) is 0 Å². The molecule has 0 aliphatic heterocycles. The van der Waals surface area contributed by atoms with Crippen LogP contribution in [-0.2, 0) is 0 Å². The lowest BCUT2D eigenvalue weighted by atomic mass is 9.72. The van der Waals surface area contributed by atoms with Crippen LogP contribution in [0.15, 0.2) is 65.8 Å². The highest BCUT2D eigenvalue weighted by molar-refractivity contribution is 5.88. The lowest BCUT2D eigenvalue weighted by Crippen LogP contribution is -2.26. The summed E-state index contributed by atoms with van der Waals surface area (Å²) < 4.78 is 0. The van der Waals surface area contributed by atoms with E-state index in [0.717, 1.165) is 25.0 Å². The highest BCUT2D eigenvalue weighted by Crippen LogP contribution is 2.39. The maximum atomic E-state index is 9.39. The van der Waals surface area contributed by atoms with Gasteiger partial charge in [0.25, 0.3) is 0 Å². The first kappa shape index (κ1) is 13.9. The Morgan fingerprint density at radius 1 is 0.857 bits per heavy atom. The van der Waals surface area contributed by atoms with Crippen LogP contribution in [0.4, 0.5) is 0 Å². The van der Waals surface area contributed by atoms with E-state index in [0.29, 0.717) is 5.92 Å². The molecule has 1 fully saturated rings. The van der Waals surface area contributed by atoms with Crippen molar-refractivity contribution in [2.45, 2.75) is 31.6 Å².